The molecule has 1 fully saturated rings. The number of carboxylic acid groups (broad SMARTS) is 1. The minimum absolute atomic E-state index is 0.847. The van der Waals surface area contributed by atoms with Crippen LogP contribution >= 0.6 is 0 Å². The second-order valence-corrected chi connectivity index (χ2v) is 5.30. The van der Waals surface area contributed by atoms with Crippen molar-refractivity contribution in [2.45, 2.75) is 57.8 Å². The maximum atomic E-state index is 11.5. The molecule has 25 heavy (non-hydrogen) atoms. The Morgan fingerprint density at radius 3 is 1.92 bits per heavy atom. The Hall–Kier alpha value is -2.85. The van der Waals surface area contributed by atoms with Crippen LogP contribution < -0.4 is 0 Å². The van der Waals surface area contributed by atoms with Gasteiger partial charge in [0, 0.05) is 25.7 Å². The van der Waals surface area contributed by atoms with Crippen LogP contribution in [0, 0.1) is 0 Å². The van der Waals surface area contributed by atoms with Gasteiger partial charge in [0.1, 0.15) is 0 Å². The summed E-state index contributed by atoms with van der Waals surface area (Å²) >= 11 is 0. The van der Waals surface area contributed by atoms with E-state index in [0.29, 0.717) is 0 Å². The Labute approximate surface area is 141 Å². The molecule has 1 saturated heterocycles. The quantitative estimate of drug-likeness (QED) is 0.238. The van der Waals surface area contributed by atoms with Crippen LogP contribution in [0.25, 0.3) is 10.4 Å². The van der Waals surface area contributed by atoms with Gasteiger partial charge in [-0.15, -0.1) is 0 Å². The molecular weight excluding hydrogens is 342 g/mol. The van der Waals surface area contributed by atoms with Gasteiger partial charge in [-0.3, -0.25) is 14.4 Å². The van der Waals surface area contributed by atoms with Crippen LogP contribution in [0.2, 0.25) is 0 Å². The van der Waals surface area contributed by atoms with Gasteiger partial charge in [-0.1, -0.05) is 5.11 Å². The van der Waals surface area contributed by atoms with Crippen LogP contribution in [0.5, 0.6) is 0 Å². The molecule has 0 amide bonds. The molecule has 0 aliphatic carbocycles. The smallest absolute Gasteiger partial charge is 0.336 e. The van der Waals surface area contributed by atoms with Crippen LogP contribution in [0.1, 0.15) is 27.7 Å². The topological polar surface area (TPSA) is 174 Å². The minimum Gasteiger partial charge on any atom is -0.479 e. The molecule has 0 spiro atoms. The summed E-state index contributed by atoms with van der Waals surface area (Å²) < 4.78 is 20.2. The van der Waals surface area contributed by atoms with Crippen LogP contribution in [0.4, 0.5) is 0 Å². The van der Waals surface area contributed by atoms with Crippen LogP contribution in [-0.2, 0) is 38.1 Å². The second kappa shape index (κ2) is 7.81. The predicted octanol–water partition coefficient (Wildman–Crippen LogP) is 0.291. The molecule has 0 saturated carbocycles. The van der Waals surface area contributed by atoms with Crippen molar-refractivity contribution in [2.24, 2.45) is 5.11 Å². The van der Waals surface area contributed by atoms with E-state index in [1.54, 1.807) is 0 Å². The third-order valence-electron chi connectivity index (χ3n) is 3.20. The minimum atomic E-state index is -2.03. The maximum absolute atomic E-state index is 11.5. The zero-order valence-electron chi connectivity index (χ0n) is 13.9. The van der Waals surface area contributed by atoms with Crippen LogP contribution in [0.3, 0.4) is 0 Å². The fraction of sp³-hybridized carbons (Fsp3) is 0.692. The molecule has 0 aromatic carbocycles. The maximum Gasteiger partial charge on any atom is 0.336 e. The van der Waals surface area contributed by atoms with Gasteiger partial charge in [-0.25, -0.2) is 4.79 Å². The largest absolute Gasteiger partial charge is 0.479 e. The summed E-state index contributed by atoms with van der Waals surface area (Å²) in [6, 6.07) is 0. The van der Waals surface area contributed by atoms with E-state index in [0.717, 1.165) is 27.7 Å². The summed E-state index contributed by atoms with van der Waals surface area (Å²) in [4.78, 5) is 48.2. The van der Waals surface area contributed by atoms with Gasteiger partial charge in [0.05, 0.1) is 0 Å². The molecule has 0 radical (unpaired) electrons. The number of hydrogen-bond donors (Lipinski definition) is 1. The number of aliphatic carboxylic acids is 1. The molecular formula is C13H17N3O9. The van der Waals surface area contributed by atoms with Gasteiger partial charge in [0.25, 0.3) is 0 Å². The highest BCUT2D eigenvalue weighted by Crippen LogP contribution is 2.36. The predicted molar refractivity (Wildman–Crippen MR) is 76.7 cm³/mol. The van der Waals surface area contributed by atoms with Crippen LogP contribution in [-0.4, -0.2) is 59.1 Å². The molecule has 1 aliphatic heterocycles. The van der Waals surface area contributed by atoms with Gasteiger partial charge in [-0.05, 0) is 12.5 Å². The lowest BCUT2D eigenvalue weighted by Crippen LogP contribution is -2.67. The fourth-order valence-corrected chi connectivity index (χ4v) is 2.40. The number of carbonyl (C=O) groups is 4. The van der Waals surface area contributed by atoms with E-state index in [1.165, 1.54) is 0 Å². The van der Waals surface area contributed by atoms with Crippen LogP contribution in [0.15, 0.2) is 5.11 Å². The number of ether oxygens (including phenoxy) is 4. The first kappa shape index (κ1) is 20.2. The molecule has 5 atom stereocenters. The van der Waals surface area contributed by atoms with E-state index in [-0.39, 0.29) is 0 Å². The van der Waals surface area contributed by atoms with E-state index >= 15 is 0 Å². The van der Waals surface area contributed by atoms with Crippen molar-refractivity contribution in [1.29, 1.82) is 0 Å². The summed E-state index contributed by atoms with van der Waals surface area (Å²) in [5, 5.41) is 12.7. The zero-order chi connectivity index (χ0) is 19.4. The van der Waals surface area contributed by atoms with Crippen molar-refractivity contribution < 1.29 is 43.2 Å². The number of rotatable bonds is 5. The third kappa shape index (κ3) is 4.81. The van der Waals surface area contributed by atoms with E-state index < -0.39 is 54.0 Å². The first-order valence-electron chi connectivity index (χ1n) is 7.00. The standard InChI is InChI=1S/C13H17N3O9/c1-5(17)22-8-9(23-6(2)18)11(24-7(3)19)13(4,15-16-14)25-10(8)12(20)21/h8-11H,1-4H3,(H,20,21)/t8-,9-,10-,11+,13?/m0/s1. The Balaban J connectivity index is 3.50. The van der Waals surface area contributed by atoms with Gasteiger partial charge < -0.3 is 24.1 Å². The van der Waals surface area contributed by atoms with Crippen molar-refractivity contribution in [3.63, 3.8) is 0 Å². The van der Waals surface area contributed by atoms with Crippen molar-refractivity contribution in [3.8, 4) is 0 Å². The Kier molecular flexibility index (Phi) is 6.31. The number of azide groups is 1. The third-order valence-corrected chi connectivity index (χ3v) is 3.20. The number of carboxylic acids is 1. The first-order valence-corrected chi connectivity index (χ1v) is 7.00. The number of nitrogens with zero attached hydrogens (tertiary/aromatic N) is 3. The van der Waals surface area contributed by atoms with Gasteiger partial charge in [0.15, 0.2) is 30.1 Å². The summed E-state index contributed by atoms with van der Waals surface area (Å²) in [6.07, 6.45) is -6.60. The number of esters is 3. The summed E-state index contributed by atoms with van der Waals surface area (Å²) in [5.74, 6) is -4.16. The average molecular weight is 359 g/mol. The van der Waals surface area contributed by atoms with E-state index in [2.05, 4.69) is 10.0 Å². The van der Waals surface area contributed by atoms with Crippen molar-refractivity contribution in [2.75, 3.05) is 0 Å². The molecule has 0 aromatic heterocycles. The molecule has 0 bridgehead atoms. The molecule has 1 heterocycles. The summed E-state index contributed by atoms with van der Waals surface area (Å²) in [5.41, 5.74) is 6.71. The first-order chi connectivity index (χ1) is 11.5. The number of hydrogen-bond acceptors (Lipinski definition) is 9. The molecule has 1 unspecified atom stereocenters. The van der Waals surface area contributed by atoms with Crippen molar-refractivity contribution in [1.82, 2.24) is 0 Å². The van der Waals surface area contributed by atoms with E-state index in [1.807, 2.05) is 0 Å². The van der Waals surface area contributed by atoms with Gasteiger partial charge in [-0.2, -0.15) is 0 Å². The normalized spacial score (nSPS) is 31.2. The van der Waals surface area contributed by atoms with E-state index in [9.17, 15) is 24.3 Å². The van der Waals surface area contributed by atoms with Gasteiger partial charge in [0.2, 0.25) is 0 Å². The number of carbonyl (C=O) groups excluding carboxylic acids is 3. The Morgan fingerprint density at radius 2 is 1.52 bits per heavy atom. The summed E-state index contributed by atoms with van der Waals surface area (Å²) in [6.45, 7) is 4.21. The fourth-order valence-electron chi connectivity index (χ4n) is 2.40. The second-order valence-electron chi connectivity index (χ2n) is 5.30. The SMILES string of the molecule is CC(=O)O[C@H]1[C@H](OC(C)=O)[C@@H](OC(C)=O)C(C)(N=[N+]=[N-])O[C@@H]1C(=O)O. The molecule has 1 N–H and O–H groups in total. The molecule has 1 aliphatic rings. The lowest BCUT2D eigenvalue weighted by atomic mass is 9.91. The molecule has 12 heteroatoms. The monoisotopic (exact) mass is 359 g/mol. The summed E-state index contributed by atoms with van der Waals surface area (Å²) in [7, 11) is 0. The van der Waals surface area contributed by atoms with Crippen molar-refractivity contribution in [3.05, 3.63) is 10.4 Å². The van der Waals surface area contributed by atoms with Gasteiger partial charge >= 0.3 is 23.9 Å². The zero-order valence-corrected chi connectivity index (χ0v) is 13.9. The lowest BCUT2D eigenvalue weighted by Gasteiger charge is -2.46. The Morgan fingerprint density at radius 1 is 1.04 bits per heavy atom. The van der Waals surface area contributed by atoms with E-state index in [4.69, 9.17) is 24.5 Å². The highest BCUT2D eigenvalue weighted by Gasteiger charge is 2.59. The highest BCUT2D eigenvalue weighted by atomic mass is 16.7. The molecule has 1 rings (SSSR count). The highest BCUT2D eigenvalue weighted by molar-refractivity contribution is 5.75. The van der Waals surface area contributed by atoms with Crippen molar-refractivity contribution >= 4 is 23.9 Å². The molecule has 12 nitrogen and oxygen atoms in total. The lowest BCUT2D eigenvalue weighted by molar-refractivity contribution is -0.273. The molecule has 0 aromatic rings. The Bertz CT molecular complexity index is 630. The molecule has 138 valence electrons. The average Bonchev–Trinajstić information content (AvgIpc) is 2.44.